The zero-order chi connectivity index (χ0) is 20.4. The van der Waals surface area contributed by atoms with Crippen molar-refractivity contribution in [2.45, 2.75) is 17.7 Å². The Bertz CT molecular complexity index is 904. The minimum Gasteiger partial charge on any atom is -0.354 e. The number of sulfonamides is 1. The topological polar surface area (TPSA) is 104 Å². The van der Waals surface area contributed by atoms with E-state index in [0.29, 0.717) is 11.6 Å². The molecule has 150 valence electrons. The van der Waals surface area contributed by atoms with E-state index in [0.717, 1.165) is 5.56 Å². The number of hydrogen-bond acceptors (Lipinski definition) is 4. The summed E-state index contributed by atoms with van der Waals surface area (Å²) in [5, 5.41) is 5.66. The lowest BCUT2D eigenvalue weighted by Gasteiger charge is -2.09. The van der Waals surface area contributed by atoms with E-state index < -0.39 is 10.0 Å². The third-order valence-corrected chi connectivity index (χ3v) is 5.42. The van der Waals surface area contributed by atoms with Gasteiger partial charge in [0.2, 0.25) is 21.8 Å². The van der Waals surface area contributed by atoms with Crippen molar-refractivity contribution in [3.8, 4) is 0 Å². The number of rotatable bonds is 10. The predicted molar refractivity (Wildman–Crippen MR) is 107 cm³/mol. The monoisotopic (exact) mass is 423 g/mol. The second-order valence-electron chi connectivity index (χ2n) is 5.97. The van der Waals surface area contributed by atoms with Gasteiger partial charge in [-0.1, -0.05) is 48.0 Å². The molecule has 0 aromatic heterocycles. The van der Waals surface area contributed by atoms with E-state index in [4.69, 9.17) is 11.6 Å². The van der Waals surface area contributed by atoms with E-state index in [1.165, 1.54) is 18.2 Å². The summed E-state index contributed by atoms with van der Waals surface area (Å²) in [6, 6.07) is 15.2. The van der Waals surface area contributed by atoms with Crippen molar-refractivity contribution in [3.63, 3.8) is 0 Å². The van der Waals surface area contributed by atoms with Crippen LogP contribution in [0.2, 0.25) is 5.02 Å². The molecule has 3 N–H and O–H groups in total. The highest BCUT2D eigenvalue weighted by molar-refractivity contribution is 7.89. The number of nitrogens with one attached hydrogen (secondary N) is 3. The molecular weight excluding hydrogens is 402 g/mol. The fourth-order valence-electron chi connectivity index (χ4n) is 2.35. The number of hydrogen-bond donors (Lipinski definition) is 3. The summed E-state index contributed by atoms with van der Waals surface area (Å²) in [6.45, 7) is 0.521. The summed E-state index contributed by atoms with van der Waals surface area (Å²) < 4.78 is 26.6. The highest BCUT2D eigenvalue weighted by Crippen LogP contribution is 2.14. The quantitative estimate of drug-likeness (QED) is 0.503. The smallest absolute Gasteiger partial charge is 0.240 e. The molecule has 9 heteroatoms. The molecule has 2 rings (SSSR count). The minimum absolute atomic E-state index is 0.0161. The molecule has 2 aromatic rings. The summed E-state index contributed by atoms with van der Waals surface area (Å²) in [4.78, 5) is 23.6. The van der Waals surface area contributed by atoms with Crippen LogP contribution in [-0.4, -0.2) is 39.9 Å². The standard InChI is InChI=1S/C19H22ClN3O4S/c20-16-7-4-8-17(14-16)28(26,27)23-10-9-18(24)21-11-12-22-19(25)13-15-5-2-1-3-6-15/h1-8,14,23H,9-13H2,(H,21,24)(H,22,25). The summed E-state index contributed by atoms with van der Waals surface area (Å²) in [7, 11) is -3.72. The highest BCUT2D eigenvalue weighted by atomic mass is 35.5. The van der Waals surface area contributed by atoms with E-state index >= 15 is 0 Å². The van der Waals surface area contributed by atoms with Crippen molar-refractivity contribution in [1.29, 1.82) is 0 Å². The first-order valence-electron chi connectivity index (χ1n) is 8.69. The van der Waals surface area contributed by atoms with Gasteiger partial charge in [0, 0.05) is 31.1 Å². The number of carbonyl (C=O) groups excluding carboxylic acids is 2. The molecule has 7 nitrogen and oxygen atoms in total. The van der Waals surface area contributed by atoms with Crippen LogP contribution in [-0.2, 0) is 26.0 Å². The second kappa shape index (κ2) is 10.8. The van der Waals surface area contributed by atoms with Crippen LogP contribution < -0.4 is 15.4 Å². The summed E-state index contributed by atoms with van der Waals surface area (Å²) in [6.07, 6.45) is 0.262. The molecule has 0 aliphatic heterocycles. The van der Waals surface area contributed by atoms with E-state index in [2.05, 4.69) is 15.4 Å². The van der Waals surface area contributed by atoms with Crippen LogP contribution in [0, 0.1) is 0 Å². The van der Waals surface area contributed by atoms with Crippen molar-refractivity contribution in [2.75, 3.05) is 19.6 Å². The Hall–Kier alpha value is -2.42. The molecule has 2 aromatic carbocycles. The molecule has 28 heavy (non-hydrogen) atoms. The fourth-order valence-corrected chi connectivity index (χ4v) is 3.68. The molecule has 0 saturated heterocycles. The van der Waals surface area contributed by atoms with Crippen molar-refractivity contribution in [3.05, 3.63) is 65.2 Å². The first-order valence-corrected chi connectivity index (χ1v) is 10.6. The molecule has 0 aliphatic carbocycles. The average molecular weight is 424 g/mol. The summed E-state index contributed by atoms with van der Waals surface area (Å²) in [5.74, 6) is -0.444. The number of carbonyl (C=O) groups is 2. The molecule has 0 heterocycles. The van der Waals surface area contributed by atoms with Gasteiger partial charge in [0.25, 0.3) is 0 Å². The van der Waals surface area contributed by atoms with Gasteiger partial charge in [0.1, 0.15) is 0 Å². The normalized spacial score (nSPS) is 11.0. The van der Waals surface area contributed by atoms with E-state index in [1.807, 2.05) is 30.3 Å². The van der Waals surface area contributed by atoms with Crippen LogP contribution in [0.5, 0.6) is 0 Å². The van der Waals surface area contributed by atoms with Crippen LogP contribution >= 0.6 is 11.6 Å². The van der Waals surface area contributed by atoms with Crippen molar-refractivity contribution < 1.29 is 18.0 Å². The van der Waals surface area contributed by atoms with Gasteiger partial charge in [0.15, 0.2) is 0 Å². The first kappa shape index (κ1) is 21.9. The summed E-state index contributed by atoms with van der Waals surface area (Å²) >= 11 is 5.79. The van der Waals surface area contributed by atoms with Gasteiger partial charge in [-0.15, -0.1) is 0 Å². The lowest BCUT2D eigenvalue weighted by molar-refractivity contribution is -0.122. The van der Waals surface area contributed by atoms with Gasteiger partial charge in [-0.25, -0.2) is 13.1 Å². The molecule has 0 fully saturated rings. The SMILES string of the molecule is O=C(CCNS(=O)(=O)c1cccc(Cl)c1)NCCNC(=O)Cc1ccccc1. The Kier molecular flexibility index (Phi) is 8.43. The van der Waals surface area contributed by atoms with Gasteiger partial charge >= 0.3 is 0 Å². The maximum Gasteiger partial charge on any atom is 0.240 e. The number of benzene rings is 2. The van der Waals surface area contributed by atoms with E-state index in [9.17, 15) is 18.0 Å². The molecule has 0 radical (unpaired) electrons. The Morgan fingerprint density at radius 2 is 1.54 bits per heavy atom. The van der Waals surface area contributed by atoms with Crippen LogP contribution in [0.3, 0.4) is 0 Å². The fraction of sp³-hybridized carbons (Fsp3) is 0.263. The molecule has 2 amide bonds. The minimum atomic E-state index is -3.72. The van der Waals surface area contributed by atoms with E-state index in [-0.39, 0.29) is 42.6 Å². The second-order valence-corrected chi connectivity index (χ2v) is 8.17. The van der Waals surface area contributed by atoms with Crippen LogP contribution in [0.1, 0.15) is 12.0 Å². The van der Waals surface area contributed by atoms with Gasteiger partial charge in [0.05, 0.1) is 11.3 Å². The third-order valence-electron chi connectivity index (χ3n) is 3.73. The maximum absolute atomic E-state index is 12.1. The van der Waals surface area contributed by atoms with Gasteiger partial charge in [-0.05, 0) is 23.8 Å². The van der Waals surface area contributed by atoms with Crippen molar-refractivity contribution in [1.82, 2.24) is 15.4 Å². The lowest BCUT2D eigenvalue weighted by Crippen LogP contribution is -2.36. The molecule has 0 atom stereocenters. The van der Waals surface area contributed by atoms with E-state index in [1.54, 1.807) is 6.07 Å². The van der Waals surface area contributed by atoms with Crippen LogP contribution in [0.25, 0.3) is 0 Å². The Balaban J connectivity index is 1.62. The average Bonchev–Trinajstić information content (AvgIpc) is 2.66. The number of amides is 2. The highest BCUT2D eigenvalue weighted by Gasteiger charge is 2.14. The molecule has 0 unspecified atom stereocenters. The zero-order valence-corrected chi connectivity index (χ0v) is 16.7. The molecule has 0 aliphatic rings. The largest absolute Gasteiger partial charge is 0.354 e. The predicted octanol–water partition coefficient (Wildman–Crippen LogP) is 1.48. The molecular formula is C19H22ClN3O4S. The Morgan fingerprint density at radius 3 is 2.21 bits per heavy atom. The molecule has 0 bridgehead atoms. The number of halogens is 1. The molecule has 0 saturated carbocycles. The Morgan fingerprint density at radius 1 is 0.857 bits per heavy atom. The first-order chi connectivity index (χ1) is 13.4. The summed E-state index contributed by atoms with van der Waals surface area (Å²) in [5.41, 5.74) is 0.913. The van der Waals surface area contributed by atoms with Gasteiger partial charge < -0.3 is 10.6 Å². The zero-order valence-electron chi connectivity index (χ0n) is 15.2. The van der Waals surface area contributed by atoms with Crippen molar-refractivity contribution >= 4 is 33.4 Å². The van der Waals surface area contributed by atoms with Gasteiger partial charge in [-0.3, -0.25) is 9.59 Å². The van der Waals surface area contributed by atoms with Crippen LogP contribution in [0.15, 0.2) is 59.5 Å². The lowest BCUT2D eigenvalue weighted by atomic mass is 10.1. The Labute approximate surface area is 169 Å². The van der Waals surface area contributed by atoms with Gasteiger partial charge in [-0.2, -0.15) is 0 Å². The van der Waals surface area contributed by atoms with Crippen LogP contribution in [0.4, 0.5) is 0 Å². The molecule has 0 spiro atoms. The van der Waals surface area contributed by atoms with Crippen molar-refractivity contribution in [2.24, 2.45) is 0 Å². The third kappa shape index (κ3) is 7.67. The maximum atomic E-state index is 12.1.